The van der Waals surface area contributed by atoms with Crippen LogP contribution in [-0.4, -0.2) is 23.3 Å². The Kier molecular flexibility index (Phi) is 4.79. The topological polar surface area (TPSA) is 62.3 Å². The van der Waals surface area contributed by atoms with E-state index in [0.29, 0.717) is 22.3 Å². The summed E-state index contributed by atoms with van der Waals surface area (Å²) in [5, 5.41) is 2.93. The molecule has 8 heteroatoms. The van der Waals surface area contributed by atoms with E-state index in [0.717, 1.165) is 17.0 Å². The van der Waals surface area contributed by atoms with E-state index in [1.165, 1.54) is 16.7 Å². The van der Waals surface area contributed by atoms with Crippen LogP contribution in [0.5, 0.6) is 0 Å². The lowest BCUT2D eigenvalue weighted by Gasteiger charge is -2.22. The molecule has 2 heterocycles. The average molecular weight is 397 g/mol. The number of para-hydroxylation sites is 1. The van der Waals surface area contributed by atoms with E-state index >= 15 is 0 Å². The number of aromatic nitrogens is 1. The second kappa shape index (κ2) is 7.40. The molecule has 0 atom stereocenters. The van der Waals surface area contributed by atoms with Crippen LogP contribution < -0.4 is 10.2 Å². The summed E-state index contributed by atoms with van der Waals surface area (Å²) in [4.78, 5) is 31.9. The smallest absolute Gasteiger partial charge is 0.261 e. The molecule has 0 saturated heterocycles. The third-order valence-corrected chi connectivity index (χ3v) is 5.20. The molecule has 3 aromatic rings. The van der Waals surface area contributed by atoms with Crippen molar-refractivity contribution >= 4 is 35.0 Å². The van der Waals surface area contributed by atoms with Gasteiger partial charge in [0.1, 0.15) is 23.2 Å². The highest BCUT2D eigenvalue weighted by molar-refractivity contribution is 7.99. The molecule has 0 unspecified atom stereocenters. The predicted molar refractivity (Wildman–Crippen MR) is 101 cm³/mol. The first kappa shape index (κ1) is 18.1. The standard InChI is InChI=1S/C20H13F2N3O2S/c21-12-7-8-15(14(22)10-12)24-18(26)11-25-16-5-1-2-6-17(16)28-19-13(20(25)27)4-3-9-23-19/h1-10H,11H2,(H,24,26). The summed E-state index contributed by atoms with van der Waals surface area (Å²) in [6.45, 7) is -0.332. The van der Waals surface area contributed by atoms with Crippen LogP contribution in [0, 0.1) is 11.6 Å². The van der Waals surface area contributed by atoms with Crippen LogP contribution in [0.25, 0.3) is 0 Å². The molecular weight excluding hydrogens is 384 g/mol. The van der Waals surface area contributed by atoms with Gasteiger partial charge in [-0.1, -0.05) is 23.9 Å². The maximum atomic E-state index is 13.8. The Bertz CT molecular complexity index is 1090. The molecule has 1 aromatic heterocycles. The highest BCUT2D eigenvalue weighted by atomic mass is 32.2. The van der Waals surface area contributed by atoms with E-state index in [9.17, 15) is 18.4 Å². The van der Waals surface area contributed by atoms with Crippen LogP contribution in [0.4, 0.5) is 20.2 Å². The van der Waals surface area contributed by atoms with Crippen molar-refractivity contribution in [3.8, 4) is 0 Å². The zero-order valence-corrected chi connectivity index (χ0v) is 15.2. The fourth-order valence-corrected chi connectivity index (χ4v) is 3.86. The number of rotatable bonds is 3. The highest BCUT2D eigenvalue weighted by Crippen LogP contribution is 2.39. The molecule has 0 spiro atoms. The van der Waals surface area contributed by atoms with Crippen LogP contribution in [0.1, 0.15) is 10.4 Å². The number of halogens is 2. The molecule has 28 heavy (non-hydrogen) atoms. The normalized spacial score (nSPS) is 12.8. The molecule has 0 fully saturated rings. The van der Waals surface area contributed by atoms with Gasteiger partial charge < -0.3 is 5.32 Å². The van der Waals surface area contributed by atoms with E-state index < -0.39 is 17.5 Å². The van der Waals surface area contributed by atoms with Gasteiger partial charge in [0.05, 0.1) is 16.9 Å². The Balaban J connectivity index is 1.66. The van der Waals surface area contributed by atoms with E-state index in [2.05, 4.69) is 10.3 Å². The molecular formula is C20H13F2N3O2S. The number of hydrogen-bond donors (Lipinski definition) is 1. The minimum Gasteiger partial charge on any atom is -0.322 e. The van der Waals surface area contributed by atoms with E-state index in [1.54, 1.807) is 30.5 Å². The van der Waals surface area contributed by atoms with Crippen molar-refractivity contribution in [2.24, 2.45) is 0 Å². The van der Waals surface area contributed by atoms with Gasteiger partial charge in [0.15, 0.2) is 0 Å². The van der Waals surface area contributed by atoms with Crippen molar-refractivity contribution in [3.05, 3.63) is 78.0 Å². The maximum Gasteiger partial charge on any atom is 0.261 e. The Morgan fingerprint density at radius 3 is 2.75 bits per heavy atom. The van der Waals surface area contributed by atoms with Crippen molar-refractivity contribution in [2.75, 3.05) is 16.8 Å². The second-order valence-corrected chi connectivity index (χ2v) is 7.02. The van der Waals surface area contributed by atoms with Gasteiger partial charge in [0.2, 0.25) is 5.91 Å². The molecule has 0 aliphatic carbocycles. The lowest BCUT2D eigenvalue weighted by Crippen LogP contribution is -2.38. The van der Waals surface area contributed by atoms with Crippen molar-refractivity contribution in [1.29, 1.82) is 0 Å². The zero-order chi connectivity index (χ0) is 19.7. The van der Waals surface area contributed by atoms with Crippen LogP contribution in [0.15, 0.2) is 70.7 Å². The molecule has 2 amide bonds. The number of carbonyl (C=O) groups excluding carboxylic acids is 2. The predicted octanol–water partition coefficient (Wildman–Crippen LogP) is 4.11. The first-order valence-electron chi connectivity index (χ1n) is 8.31. The average Bonchev–Trinajstić information content (AvgIpc) is 2.79. The number of benzene rings is 2. The lowest BCUT2D eigenvalue weighted by molar-refractivity contribution is -0.114. The zero-order valence-electron chi connectivity index (χ0n) is 14.4. The molecule has 0 saturated carbocycles. The number of amides is 2. The number of pyridine rings is 1. The minimum atomic E-state index is -0.888. The maximum absolute atomic E-state index is 13.8. The van der Waals surface area contributed by atoms with Gasteiger partial charge in [-0.25, -0.2) is 13.8 Å². The van der Waals surface area contributed by atoms with Crippen LogP contribution >= 0.6 is 11.8 Å². The van der Waals surface area contributed by atoms with Crippen LogP contribution in [0.2, 0.25) is 0 Å². The number of nitrogens with zero attached hydrogens (tertiary/aromatic N) is 2. The summed E-state index contributed by atoms with van der Waals surface area (Å²) in [7, 11) is 0. The first-order valence-corrected chi connectivity index (χ1v) is 9.13. The first-order chi connectivity index (χ1) is 13.5. The summed E-state index contributed by atoms with van der Waals surface area (Å²) < 4.78 is 26.9. The quantitative estimate of drug-likeness (QED) is 0.723. The van der Waals surface area contributed by atoms with Gasteiger partial charge in [0.25, 0.3) is 5.91 Å². The van der Waals surface area contributed by atoms with E-state index in [4.69, 9.17) is 0 Å². The Labute approximate surface area is 163 Å². The monoisotopic (exact) mass is 397 g/mol. The summed E-state index contributed by atoms with van der Waals surface area (Å²) in [5.41, 5.74) is 0.785. The number of fused-ring (bicyclic) bond motifs is 2. The number of nitrogens with one attached hydrogen (secondary N) is 1. The van der Waals surface area contributed by atoms with Gasteiger partial charge in [-0.15, -0.1) is 0 Å². The molecule has 1 aliphatic heterocycles. The number of anilines is 2. The van der Waals surface area contributed by atoms with Gasteiger partial charge in [-0.05, 0) is 36.4 Å². The van der Waals surface area contributed by atoms with Crippen molar-refractivity contribution < 1.29 is 18.4 Å². The van der Waals surface area contributed by atoms with E-state index in [-0.39, 0.29) is 18.1 Å². The summed E-state index contributed by atoms with van der Waals surface area (Å²) in [6, 6.07) is 13.3. The highest BCUT2D eigenvalue weighted by Gasteiger charge is 2.29. The lowest BCUT2D eigenvalue weighted by atomic mass is 10.2. The molecule has 4 rings (SSSR count). The van der Waals surface area contributed by atoms with Gasteiger partial charge in [0, 0.05) is 17.2 Å². The Hall–Kier alpha value is -3.26. The SMILES string of the molecule is O=C(CN1C(=O)c2cccnc2Sc2ccccc21)Nc1ccc(F)cc1F. The fraction of sp³-hybridized carbons (Fsp3) is 0.0500. The third kappa shape index (κ3) is 3.46. The number of carbonyl (C=O) groups is 2. The third-order valence-electron chi connectivity index (χ3n) is 4.12. The second-order valence-electron chi connectivity index (χ2n) is 5.99. The van der Waals surface area contributed by atoms with Crippen molar-refractivity contribution in [3.63, 3.8) is 0 Å². The minimum absolute atomic E-state index is 0.154. The fourth-order valence-electron chi connectivity index (χ4n) is 2.84. The van der Waals surface area contributed by atoms with Gasteiger partial charge in [-0.3, -0.25) is 14.5 Å². The number of hydrogen-bond acceptors (Lipinski definition) is 4. The van der Waals surface area contributed by atoms with E-state index in [1.807, 2.05) is 12.1 Å². The van der Waals surface area contributed by atoms with Gasteiger partial charge >= 0.3 is 0 Å². The Morgan fingerprint density at radius 2 is 1.93 bits per heavy atom. The Morgan fingerprint density at radius 1 is 1.11 bits per heavy atom. The van der Waals surface area contributed by atoms with Crippen LogP contribution in [-0.2, 0) is 4.79 Å². The molecule has 0 radical (unpaired) electrons. The van der Waals surface area contributed by atoms with Crippen molar-refractivity contribution in [2.45, 2.75) is 9.92 Å². The molecule has 140 valence electrons. The largest absolute Gasteiger partial charge is 0.322 e. The van der Waals surface area contributed by atoms with Gasteiger partial charge in [-0.2, -0.15) is 0 Å². The summed E-state index contributed by atoms with van der Waals surface area (Å²) in [5.74, 6) is -2.62. The summed E-state index contributed by atoms with van der Waals surface area (Å²) >= 11 is 1.34. The van der Waals surface area contributed by atoms with Crippen LogP contribution in [0.3, 0.4) is 0 Å². The summed E-state index contributed by atoms with van der Waals surface area (Å²) in [6.07, 6.45) is 1.60. The molecule has 2 aromatic carbocycles. The molecule has 1 N–H and O–H groups in total. The molecule has 5 nitrogen and oxygen atoms in total. The molecule has 1 aliphatic rings. The van der Waals surface area contributed by atoms with Crippen molar-refractivity contribution in [1.82, 2.24) is 4.98 Å². The molecule has 0 bridgehead atoms.